The summed E-state index contributed by atoms with van der Waals surface area (Å²) in [5.41, 5.74) is 2.24. The molecule has 4 heteroatoms. The minimum Gasteiger partial charge on any atom is -0.497 e. The van der Waals surface area contributed by atoms with Crippen LogP contribution in [-0.2, 0) is 0 Å². The lowest BCUT2D eigenvalue weighted by molar-refractivity contribution is 0.133. The first-order valence-electron chi connectivity index (χ1n) is 8.22. The van der Waals surface area contributed by atoms with Crippen molar-refractivity contribution >= 4 is 10.9 Å². The molecule has 0 aliphatic heterocycles. The van der Waals surface area contributed by atoms with E-state index in [4.69, 9.17) is 19.2 Å². The average molecular weight is 337 g/mol. The highest BCUT2D eigenvalue weighted by Gasteiger charge is 2.17. The molecule has 0 fully saturated rings. The fourth-order valence-electron chi connectivity index (χ4n) is 2.71. The molecule has 0 atom stereocenters. The lowest BCUT2D eigenvalue weighted by atomic mass is 10.1. The van der Waals surface area contributed by atoms with Crippen LogP contribution in [0.2, 0.25) is 0 Å². The van der Waals surface area contributed by atoms with E-state index in [0.717, 1.165) is 39.4 Å². The van der Waals surface area contributed by atoms with Gasteiger partial charge in [0.15, 0.2) is 0 Å². The van der Waals surface area contributed by atoms with Gasteiger partial charge in [-0.1, -0.05) is 12.1 Å². The third-order valence-electron chi connectivity index (χ3n) is 3.78. The summed E-state index contributed by atoms with van der Waals surface area (Å²) in [6, 6.07) is 15.6. The van der Waals surface area contributed by atoms with Crippen molar-refractivity contribution in [3.8, 4) is 28.5 Å². The highest BCUT2D eigenvalue weighted by Crippen LogP contribution is 2.36. The van der Waals surface area contributed by atoms with E-state index in [0.29, 0.717) is 0 Å². The van der Waals surface area contributed by atoms with Crippen molar-refractivity contribution in [3.05, 3.63) is 48.5 Å². The van der Waals surface area contributed by atoms with E-state index < -0.39 is 0 Å². The van der Waals surface area contributed by atoms with Crippen LogP contribution in [0.5, 0.6) is 17.2 Å². The standard InChI is InChI=1S/C21H23NO3/c1-21(2,3)25-20-13-18(15-8-6-7-9-19(15)24-5)22-17-12-14(23-4)10-11-16(17)20/h6-13H,1-5H3. The van der Waals surface area contributed by atoms with Crippen LogP contribution in [0.15, 0.2) is 48.5 Å². The monoisotopic (exact) mass is 337 g/mol. The number of benzene rings is 2. The second-order valence-electron chi connectivity index (χ2n) is 6.80. The number of para-hydroxylation sites is 1. The molecular formula is C21H23NO3. The van der Waals surface area contributed by atoms with Gasteiger partial charge in [0.1, 0.15) is 22.8 Å². The molecule has 3 rings (SSSR count). The zero-order valence-electron chi connectivity index (χ0n) is 15.3. The summed E-state index contributed by atoms with van der Waals surface area (Å²) in [5.74, 6) is 2.33. The van der Waals surface area contributed by atoms with E-state index in [-0.39, 0.29) is 5.60 Å². The number of rotatable bonds is 4. The summed E-state index contributed by atoms with van der Waals surface area (Å²) in [7, 11) is 3.31. The van der Waals surface area contributed by atoms with Crippen LogP contribution >= 0.6 is 0 Å². The Kier molecular flexibility index (Phi) is 4.53. The molecular weight excluding hydrogens is 314 g/mol. The first-order chi connectivity index (χ1) is 11.9. The van der Waals surface area contributed by atoms with E-state index in [1.54, 1.807) is 14.2 Å². The Balaban J connectivity index is 2.25. The Labute approximate surface area is 148 Å². The molecule has 3 aromatic rings. The van der Waals surface area contributed by atoms with Crippen LogP contribution < -0.4 is 14.2 Å². The van der Waals surface area contributed by atoms with E-state index in [1.807, 2.05) is 69.3 Å². The van der Waals surface area contributed by atoms with Crippen LogP contribution in [0, 0.1) is 0 Å². The van der Waals surface area contributed by atoms with Crippen molar-refractivity contribution in [3.63, 3.8) is 0 Å². The number of methoxy groups -OCH3 is 2. The summed E-state index contributed by atoms with van der Waals surface area (Å²) in [5, 5.41) is 0.953. The highest BCUT2D eigenvalue weighted by molar-refractivity contribution is 5.89. The van der Waals surface area contributed by atoms with E-state index >= 15 is 0 Å². The number of hydrogen-bond acceptors (Lipinski definition) is 4. The minimum atomic E-state index is -0.313. The Morgan fingerprint density at radius 3 is 2.28 bits per heavy atom. The van der Waals surface area contributed by atoms with Gasteiger partial charge in [0.2, 0.25) is 0 Å². The first kappa shape index (κ1) is 17.1. The molecule has 1 aromatic heterocycles. The van der Waals surface area contributed by atoms with Gasteiger partial charge in [-0.2, -0.15) is 0 Å². The fourth-order valence-corrected chi connectivity index (χ4v) is 2.71. The SMILES string of the molecule is COc1ccc2c(OC(C)(C)C)cc(-c3ccccc3OC)nc2c1. The summed E-state index contributed by atoms with van der Waals surface area (Å²) < 4.78 is 17.0. The molecule has 0 radical (unpaired) electrons. The third-order valence-corrected chi connectivity index (χ3v) is 3.78. The van der Waals surface area contributed by atoms with Gasteiger partial charge in [-0.05, 0) is 45.0 Å². The molecule has 0 spiro atoms. The van der Waals surface area contributed by atoms with Crippen molar-refractivity contribution < 1.29 is 14.2 Å². The van der Waals surface area contributed by atoms with Gasteiger partial charge < -0.3 is 14.2 Å². The van der Waals surface area contributed by atoms with Gasteiger partial charge >= 0.3 is 0 Å². The van der Waals surface area contributed by atoms with Gasteiger partial charge in [0.25, 0.3) is 0 Å². The van der Waals surface area contributed by atoms with Gasteiger partial charge in [0.05, 0.1) is 25.4 Å². The maximum Gasteiger partial charge on any atom is 0.131 e. The molecule has 2 aromatic carbocycles. The predicted octanol–water partition coefficient (Wildman–Crippen LogP) is 5.10. The van der Waals surface area contributed by atoms with E-state index in [9.17, 15) is 0 Å². The van der Waals surface area contributed by atoms with Gasteiger partial charge in [-0.3, -0.25) is 0 Å². The van der Waals surface area contributed by atoms with Crippen LogP contribution in [0.3, 0.4) is 0 Å². The van der Waals surface area contributed by atoms with E-state index in [2.05, 4.69) is 0 Å². The van der Waals surface area contributed by atoms with Crippen LogP contribution in [0.1, 0.15) is 20.8 Å². The summed E-state index contributed by atoms with van der Waals surface area (Å²) in [6.07, 6.45) is 0. The molecule has 25 heavy (non-hydrogen) atoms. The largest absolute Gasteiger partial charge is 0.497 e. The van der Waals surface area contributed by atoms with Crippen LogP contribution in [-0.4, -0.2) is 24.8 Å². The third kappa shape index (κ3) is 3.68. The van der Waals surface area contributed by atoms with E-state index in [1.165, 1.54) is 0 Å². The van der Waals surface area contributed by atoms with Crippen LogP contribution in [0.4, 0.5) is 0 Å². The molecule has 4 nitrogen and oxygen atoms in total. The second kappa shape index (κ2) is 6.63. The zero-order chi connectivity index (χ0) is 18.0. The molecule has 0 unspecified atom stereocenters. The molecule has 1 heterocycles. The van der Waals surface area contributed by atoms with Gasteiger partial charge in [-0.25, -0.2) is 4.98 Å². The molecule has 0 saturated carbocycles. The molecule has 0 N–H and O–H groups in total. The van der Waals surface area contributed by atoms with Gasteiger partial charge in [0, 0.05) is 23.1 Å². The summed E-state index contributed by atoms with van der Waals surface area (Å²) in [6.45, 7) is 6.10. The topological polar surface area (TPSA) is 40.6 Å². The maximum atomic E-state index is 6.20. The number of nitrogens with zero attached hydrogens (tertiary/aromatic N) is 1. The first-order valence-corrected chi connectivity index (χ1v) is 8.22. The number of fused-ring (bicyclic) bond motifs is 1. The molecule has 0 bridgehead atoms. The predicted molar refractivity (Wildman–Crippen MR) is 101 cm³/mol. The Hall–Kier alpha value is -2.75. The normalized spacial score (nSPS) is 11.4. The average Bonchev–Trinajstić information content (AvgIpc) is 2.59. The molecule has 0 aliphatic rings. The lowest BCUT2D eigenvalue weighted by Gasteiger charge is -2.23. The number of aromatic nitrogens is 1. The molecule has 0 amide bonds. The number of hydrogen-bond donors (Lipinski definition) is 0. The lowest BCUT2D eigenvalue weighted by Crippen LogP contribution is -2.23. The Morgan fingerprint density at radius 1 is 0.840 bits per heavy atom. The summed E-state index contributed by atoms with van der Waals surface area (Å²) in [4.78, 5) is 4.81. The number of ether oxygens (including phenoxy) is 3. The Bertz CT molecular complexity index is 897. The van der Waals surface area contributed by atoms with Crippen LogP contribution in [0.25, 0.3) is 22.2 Å². The van der Waals surface area contributed by atoms with Crippen molar-refractivity contribution in [2.24, 2.45) is 0 Å². The molecule has 0 saturated heterocycles. The highest BCUT2D eigenvalue weighted by atomic mass is 16.5. The minimum absolute atomic E-state index is 0.313. The fraction of sp³-hybridized carbons (Fsp3) is 0.286. The van der Waals surface area contributed by atoms with Crippen molar-refractivity contribution in [1.29, 1.82) is 0 Å². The van der Waals surface area contributed by atoms with Gasteiger partial charge in [-0.15, -0.1) is 0 Å². The molecule has 0 aliphatic carbocycles. The van der Waals surface area contributed by atoms with Crippen molar-refractivity contribution in [2.45, 2.75) is 26.4 Å². The second-order valence-corrected chi connectivity index (χ2v) is 6.80. The smallest absolute Gasteiger partial charge is 0.131 e. The van der Waals surface area contributed by atoms with Crippen molar-refractivity contribution in [1.82, 2.24) is 4.98 Å². The maximum absolute atomic E-state index is 6.20. The Morgan fingerprint density at radius 2 is 1.60 bits per heavy atom. The molecule has 130 valence electrons. The quantitative estimate of drug-likeness (QED) is 0.664. The zero-order valence-corrected chi connectivity index (χ0v) is 15.3. The van der Waals surface area contributed by atoms with Crippen molar-refractivity contribution in [2.75, 3.05) is 14.2 Å². The summed E-state index contributed by atoms with van der Waals surface area (Å²) >= 11 is 0. The number of pyridine rings is 1.